The summed E-state index contributed by atoms with van der Waals surface area (Å²) in [5, 5.41) is 9.54. The van der Waals surface area contributed by atoms with Crippen molar-refractivity contribution >= 4 is 5.97 Å². The summed E-state index contributed by atoms with van der Waals surface area (Å²) in [6.45, 7) is 8.29. The van der Waals surface area contributed by atoms with Gasteiger partial charge in [0.2, 0.25) is 0 Å². The fraction of sp³-hybridized carbons (Fsp3) is 0.400. The molecule has 0 unspecified atom stereocenters. The normalized spacial score (nSPS) is 10.9. The molecule has 0 aromatic heterocycles. The highest BCUT2D eigenvalue weighted by atomic mass is 16.5. The van der Waals surface area contributed by atoms with Crippen LogP contribution >= 0.6 is 0 Å². The molecule has 0 fully saturated rings. The van der Waals surface area contributed by atoms with Gasteiger partial charge in [0.1, 0.15) is 17.9 Å². The van der Waals surface area contributed by atoms with Crippen LogP contribution in [0.5, 0.6) is 5.75 Å². The Labute approximate surface area is 108 Å². The maximum atomic E-state index is 11.8. The van der Waals surface area contributed by atoms with Gasteiger partial charge in [0.15, 0.2) is 0 Å². The van der Waals surface area contributed by atoms with Crippen LogP contribution in [0, 0.1) is 5.41 Å². The van der Waals surface area contributed by atoms with Gasteiger partial charge in [-0.2, -0.15) is 0 Å². The minimum atomic E-state index is -0.497. The van der Waals surface area contributed by atoms with Crippen LogP contribution in [0.1, 0.15) is 38.1 Å². The summed E-state index contributed by atoms with van der Waals surface area (Å²) < 4.78 is 5.23. The van der Waals surface area contributed by atoms with Crippen molar-refractivity contribution in [3.05, 3.63) is 41.5 Å². The number of para-hydroxylation sites is 1. The highest BCUT2D eigenvalue weighted by Gasteiger charge is 2.19. The average Bonchev–Trinajstić information content (AvgIpc) is 2.25. The SMILES string of the molecule is CC(C)=CC(C)(C)COC(=O)c1ccccc1O. The Morgan fingerprint density at radius 1 is 1.33 bits per heavy atom. The van der Waals surface area contributed by atoms with Crippen molar-refractivity contribution in [1.29, 1.82) is 0 Å². The number of allylic oxidation sites excluding steroid dienone is 1. The van der Waals surface area contributed by atoms with E-state index in [0.717, 1.165) is 0 Å². The molecule has 0 saturated carbocycles. The number of carbonyl (C=O) groups is 1. The van der Waals surface area contributed by atoms with Crippen LogP contribution in [0.4, 0.5) is 0 Å². The summed E-state index contributed by atoms with van der Waals surface area (Å²) >= 11 is 0. The monoisotopic (exact) mass is 248 g/mol. The molecular formula is C15H20O3. The van der Waals surface area contributed by atoms with Gasteiger partial charge in [-0.1, -0.05) is 37.6 Å². The number of ether oxygens (including phenoxy) is 1. The molecule has 18 heavy (non-hydrogen) atoms. The number of rotatable bonds is 4. The Morgan fingerprint density at radius 2 is 1.94 bits per heavy atom. The molecule has 0 aliphatic carbocycles. The van der Waals surface area contributed by atoms with Gasteiger partial charge >= 0.3 is 5.97 Å². The number of benzene rings is 1. The van der Waals surface area contributed by atoms with Crippen LogP contribution in [0.15, 0.2) is 35.9 Å². The first-order chi connectivity index (χ1) is 8.32. The summed E-state index contributed by atoms with van der Waals surface area (Å²) in [6.07, 6.45) is 2.06. The molecule has 1 rings (SSSR count). The highest BCUT2D eigenvalue weighted by molar-refractivity contribution is 5.92. The Morgan fingerprint density at radius 3 is 2.50 bits per heavy atom. The van der Waals surface area contributed by atoms with E-state index in [2.05, 4.69) is 6.08 Å². The molecule has 0 spiro atoms. The molecule has 1 aromatic carbocycles. The van der Waals surface area contributed by atoms with Crippen molar-refractivity contribution in [2.45, 2.75) is 27.7 Å². The van der Waals surface area contributed by atoms with Crippen molar-refractivity contribution < 1.29 is 14.6 Å². The fourth-order valence-electron chi connectivity index (χ4n) is 1.80. The fourth-order valence-corrected chi connectivity index (χ4v) is 1.80. The van der Waals surface area contributed by atoms with E-state index < -0.39 is 5.97 Å². The maximum absolute atomic E-state index is 11.8. The van der Waals surface area contributed by atoms with Crippen LogP contribution in [0.2, 0.25) is 0 Å². The third-order valence-electron chi connectivity index (χ3n) is 2.38. The molecule has 0 bridgehead atoms. The number of aromatic hydroxyl groups is 1. The zero-order valence-corrected chi connectivity index (χ0v) is 11.4. The maximum Gasteiger partial charge on any atom is 0.341 e. The number of phenolic OH excluding ortho intramolecular Hbond substituents is 1. The smallest absolute Gasteiger partial charge is 0.341 e. The predicted octanol–water partition coefficient (Wildman–Crippen LogP) is 3.54. The van der Waals surface area contributed by atoms with Crippen LogP contribution < -0.4 is 0 Å². The number of esters is 1. The minimum Gasteiger partial charge on any atom is -0.507 e. The second kappa shape index (κ2) is 5.71. The second-order valence-electron chi connectivity index (χ2n) is 5.30. The first-order valence-electron chi connectivity index (χ1n) is 5.93. The van der Waals surface area contributed by atoms with Gasteiger partial charge < -0.3 is 9.84 Å². The first-order valence-corrected chi connectivity index (χ1v) is 5.93. The van der Waals surface area contributed by atoms with E-state index in [9.17, 15) is 9.90 Å². The summed E-state index contributed by atoms with van der Waals surface area (Å²) in [4.78, 5) is 11.8. The topological polar surface area (TPSA) is 46.5 Å². The molecule has 0 aliphatic heterocycles. The molecule has 0 saturated heterocycles. The van der Waals surface area contributed by atoms with Gasteiger partial charge in [-0.15, -0.1) is 0 Å². The number of hydrogen-bond acceptors (Lipinski definition) is 3. The van der Waals surface area contributed by atoms with Gasteiger partial charge in [0, 0.05) is 5.41 Å². The zero-order chi connectivity index (χ0) is 13.8. The van der Waals surface area contributed by atoms with E-state index in [1.807, 2.05) is 27.7 Å². The van der Waals surface area contributed by atoms with Gasteiger partial charge in [0.25, 0.3) is 0 Å². The van der Waals surface area contributed by atoms with Gasteiger partial charge in [-0.3, -0.25) is 0 Å². The van der Waals surface area contributed by atoms with E-state index >= 15 is 0 Å². The van der Waals surface area contributed by atoms with Crippen LogP contribution in [-0.2, 0) is 4.74 Å². The molecule has 1 aromatic rings. The molecule has 3 nitrogen and oxygen atoms in total. The standard InChI is InChI=1S/C15H20O3/c1-11(2)9-15(3,4)10-18-14(17)12-7-5-6-8-13(12)16/h5-9,16H,10H2,1-4H3. The lowest BCUT2D eigenvalue weighted by Crippen LogP contribution is -2.20. The summed E-state index contributed by atoms with van der Waals surface area (Å²) in [6, 6.07) is 6.38. The van der Waals surface area contributed by atoms with Gasteiger partial charge in [-0.25, -0.2) is 4.79 Å². The first kappa shape index (κ1) is 14.3. The second-order valence-corrected chi connectivity index (χ2v) is 5.30. The minimum absolute atomic E-state index is 0.0532. The van der Waals surface area contributed by atoms with Crippen molar-refractivity contribution in [3.8, 4) is 5.75 Å². The van der Waals surface area contributed by atoms with E-state index in [0.29, 0.717) is 0 Å². The Balaban J connectivity index is 2.68. The quantitative estimate of drug-likeness (QED) is 0.654. The third kappa shape index (κ3) is 4.24. The van der Waals surface area contributed by atoms with Crippen LogP contribution in [0.25, 0.3) is 0 Å². The molecule has 98 valence electrons. The number of hydrogen-bond donors (Lipinski definition) is 1. The van der Waals surface area contributed by atoms with Crippen molar-refractivity contribution in [2.75, 3.05) is 6.61 Å². The number of phenols is 1. The molecule has 0 radical (unpaired) electrons. The average molecular weight is 248 g/mol. The van der Waals surface area contributed by atoms with Crippen molar-refractivity contribution in [3.63, 3.8) is 0 Å². The Hall–Kier alpha value is -1.77. The molecule has 0 heterocycles. The lowest BCUT2D eigenvalue weighted by atomic mass is 9.92. The van der Waals surface area contributed by atoms with Crippen molar-refractivity contribution in [2.24, 2.45) is 5.41 Å². The molecule has 1 N–H and O–H groups in total. The number of carbonyl (C=O) groups excluding carboxylic acids is 1. The van der Waals surface area contributed by atoms with E-state index in [4.69, 9.17) is 4.74 Å². The Bertz CT molecular complexity index is 455. The van der Waals surface area contributed by atoms with Crippen molar-refractivity contribution in [1.82, 2.24) is 0 Å². The highest BCUT2D eigenvalue weighted by Crippen LogP contribution is 2.22. The molecule has 0 atom stereocenters. The molecular weight excluding hydrogens is 228 g/mol. The Kier molecular flexibility index (Phi) is 4.54. The predicted molar refractivity (Wildman–Crippen MR) is 71.6 cm³/mol. The van der Waals surface area contributed by atoms with Gasteiger partial charge in [-0.05, 0) is 26.0 Å². The van der Waals surface area contributed by atoms with E-state index in [1.54, 1.807) is 18.2 Å². The zero-order valence-electron chi connectivity index (χ0n) is 11.4. The molecule has 0 amide bonds. The van der Waals surface area contributed by atoms with E-state index in [-0.39, 0.29) is 23.3 Å². The van der Waals surface area contributed by atoms with E-state index in [1.165, 1.54) is 11.6 Å². The third-order valence-corrected chi connectivity index (χ3v) is 2.38. The van der Waals surface area contributed by atoms with Crippen LogP contribution in [-0.4, -0.2) is 17.7 Å². The lowest BCUT2D eigenvalue weighted by molar-refractivity contribution is 0.0395. The largest absolute Gasteiger partial charge is 0.507 e. The molecule has 3 heteroatoms. The summed E-state index contributed by atoms with van der Waals surface area (Å²) in [5.74, 6) is -0.550. The van der Waals surface area contributed by atoms with Crippen LogP contribution in [0.3, 0.4) is 0 Å². The summed E-state index contributed by atoms with van der Waals surface area (Å²) in [5.41, 5.74) is 1.17. The van der Waals surface area contributed by atoms with Gasteiger partial charge in [0.05, 0.1) is 0 Å². The summed E-state index contributed by atoms with van der Waals surface area (Å²) in [7, 11) is 0. The lowest BCUT2D eigenvalue weighted by Gasteiger charge is -2.20. The molecule has 0 aliphatic rings.